The van der Waals surface area contributed by atoms with Crippen LogP contribution in [-0.4, -0.2) is 36.3 Å². The van der Waals surface area contributed by atoms with Gasteiger partial charge in [-0.1, -0.05) is 0 Å². The number of rotatable bonds is 2. The second kappa shape index (κ2) is 5.26. The summed E-state index contributed by atoms with van der Waals surface area (Å²) in [5.74, 6) is 0.766. The molecule has 0 aliphatic carbocycles. The Morgan fingerprint density at radius 3 is 2.80 bits per heavy atom. The lowest BCUT2D eigenvalue weighted by Crippen LogP contribution is -2.35. The molecule has 0 saturated carbocycles. The van der Waals surface area contributed by atoms with Gasteiger partial charge in [-0.25, -0.2) is 0 Å². The van der Waals surface area contributed by atoms with Crippen LogP contribution in [0.2, 0.25) is 0 Å². The van der Waals surface area contributed by atoms with Crippen LogP contribution >= 0.6 is 0 Å². The maximum Gasteiger partial charge on any atom is 0.193 e. The van der Waals surface area contributed by atoms with Crippen LogP contribution in [0.1, 0.15) is 11.3 Å². The van der Waals surface area contributed by atoms with E-state index in [2.05, 4.69) is 4.90 Å². The van der Waals surface area contributed by atoms with Gasteiger partial charge in [-0.2, -0.15) is 0 Å². The lowest BCUT2D eigenvalue weighted by Gasteiger charge is -2.25. The quantitative estimate of drug-likeness (QED) is 0.902. The average molecular weight is 275 g/mol. The molecular formula is C15H17NO4. The van der Waals surface area contributed by atoms with Gasteiger partial charge in [-0.3, -0.25) is 9.69 Å². The summed E-state index contributed by atoms with van der Waals surface area (Å²) < 4.78 is 11.1. The third-order valence-corrected chi connectivity index (χ3v) is 3.65. The number of aryl methyl sites for hydroxylation is 1. The number of fused-ring (bicyclic) bond motifs is 1. The molecule has 2 aromatic rings. The number of benzene rings is 1. The van der Waals surface area contributed by atoms with E-state index in [1.165, 1.54) is 12.1 Å². The van der Waals surface area contributed by atoms with Crippen LogP contribution in [0.5, 0.6) is 5.75 Å². The molecule has 1 fully saturated rings. The molecule has 5 nitrogen and oxygen atoms in total. The first-order valence-electron chi connectivity index (χ1n) is 6.70. The first-order chi connectivity index (χ1) is 9.65. The highest BCUT2D eigenvalue weighted by molar-refractivity contribution is 5.81. The van der Waals surface area contributed by atoms with Crippen molar-refractivity contribution in [2.75, 3.05) is 26.3 Å². The maximum absolute atomic E-state index is 12.1. The summed E-state index contributed by atoms with van der Waals surface area (Å²) in [5.41, 5.74) is 1.00. The van der Waals surface area contributed by atoms with Gasteiger partial charge in [0.15, 0.2) is 5.43 Å². The monoisotopic (exact) mass is 275 g/mol. The van der Waals surface area contributed by atoms with E-state index in [9.17, 15) is 9.90 Å². The van der Waals surface area contributed by atoms with Crippen molar-refractivity contribution >= 4 is 11.0 Å². The zero-order valence-electron chi connectivity index (χ0n) is 11.4. The van der Waals surface area contributed by atoms with Gasteiger partial charge in [-0.05, 0) is 19.1 Å². The summed E-state index contributed by atoms with van der Waals surface area (Å²) in [6.45, 7) is 5.42. The Bertz CT molecular complexity index is 686. The first-order valence-corrected chi connectivity index (χ1v) is 6.70. The molecule has 20 heavy (non-hydrogen) atoms. The van der Waals surface area contributed by atoms with E-state index in [1.807, 2.05) is 0 Å². The van der Waals surface area contributed by atoms with Crippen molar-refractivity contribution < 1.29 is 14.3 Å². The molecule has 3 rings (SSSR count). The standard InChI is InChI=1S/C15H17NO4/c1-10-13(17)3-2-12-14(18)8-11(20-15(10)12)9-16-4-6-19-7-5-16/h2-3,8,17H,4-7,9H2,1H3. The fourth-order valence-corrected chi connectivity index (χ4v) is 2.45. The lowest BCUT2D eigenvalue weighted by molar-refractivity contribution is 0.0314. The predicted molar refractivity (Wildman–Crippen MR) is 75.0 cm³/mol. The second-order valence-corrected chi connectivity index (χ2v) is 5.05. The highest BCUT2D eigenvalue weighted by Crippen LogP contribution is 2.25. The van der Waals surface area contributed by atoms with Crippen LogP contribution < -0.4 is 5.43 Å². The fourth-order valence-electron chi connectivity index (χ4n) is 2.45. The molecule has 1 aliphatic heterocycles. The average Bonchev–Trinajstić information content (AvgIpc) is 2.44. The number of ether oxygens (including phenoxy) is 1. The number of hydrogen-bond acceptors (Lipinski definition) is 5. The minimum Gasteiger partial charge on any atom is -0.508 e. The first kappa shape index (κ1) is 13.1. The molecule has 1 aliphatic rings. The molecule has 2 heterocycles. The zero-order chi connectivity index (χ0) is 14.1. The van der Waals surface area contributed by atoms with Crippen molar-refractivity contribution in [1.82, 2.24) is 4.90 Å². The third-order valence-electron chi connectivity index (χ3n) is 3.65. The summed E-state index contributed by atoms with van der Waals surface area (Å²) in [4.78, 5) is 14.3. The Hall–Kier alpha value is -1.85. The van der Waals surface area contributed by atoms with Crippen molar-refractivity contribution in [3.8, 4) is 5.75 Å². The van der Waals surface area contributed by atoms with Crippen LogP contribution in [0.15, 0.2) is 27.4 Å². The van der Waals surface area contributed by atoms with Gasteiger partial charge in [0, 0.05) is 24.7 Å². The van der Waals surface area contributed by atoms with Crippen molar-refractivity contribution in [2.45, 2.75) is 13.5 Å². The molecule has 0 spiro atoms. The lowest BCUT2D eigenvalue weighted by atomic mass is 10.1. The third kappa shape index (κ3) is 2.42. The Balaban J connectivity index is 2.00. The Morgan fingerprint density at radius 2 is 2.05 bits per heavy atom. The summed E-state index contributed by atoms with van der Waals surface area (Å²) in [6.07, 6.45) is 0. The molecule has 106 valence electrons. The molecule has 1 aromatic carbocycles. The van der Waals surface area contributed by atoms with Gasteiger partial charge >= 0.3 is 0 Å². The fraction of sp³-hybridized carbons (Fsp3) is 0.400. The number of phenols is 1. The molecule has 0 amide bonds. The number of hydrogen-bond donors (Lipinski definition) is 1. The highest BCUT2D eigenvalue weighted by Gasteiger charge is 2.14. The van der Waals surface area contributed by atoms with Gasteiger partial charge in [0.2, 0.25) is 0 Å². The Kier molecular flexibility index (Phi) is 3.46. The second-order valence-electron chi connectivity index (χ2n) is 5.05. The van der Waals surface area contributed by atoms with E-state index in [0.717, 1.165) is 13.1 Å². The van der Waals surface area contributed by atoms with Crippen LogP contribution in [0.25, 0.3) is 11.0 Å². The van der Waals surface area contributed by atoms with Gasteiger partial charge in [0.1, 0.15) is 17.1 Å². The highest BCUT2D eigenvalue weighted by atomic mass is 16.5. The Morgan fingerprint density at radius 1 is 1.30 bits per heavy atom. The van der Waals surface area contributed by atoms with E-state index in [-0.39, 0.29) is 11.2 Å². The number of morpholine rings is 1. The minimum atomic E-state index is -0.0717. The molecule has 1 saturated heterocycles. The molecular weight excluding hydrogens is 258 g/mol. The summed E-state index contributed by atoms with van der Waals surface area (Å²) in [7, 11) is 0. The summed E-state index contributed by atoms with van der Waals surface area (Å²) in [5, 5.41) is 10.2. The molecule has 0 atom stereocenters. The smallest absolute Gasteiger partial charge is 0.193 e. The number of aromatic hydroxyl groups is 1. The molecule has 1 N–H and O–H groups in total. The molecule has 0 unspecified atom stereocenters. The van der Waals surface area contributed by atoms with Crippen molar-refractivity contribution in [1.29, 1.82) is 0 Å². The van der Waals surface area contributed by atoms with Gasteiger partial charge in [0.25, 0.3) is 0 Å². The van der Waals surface area contributed by atoms with E-state index in [4.69, 9.17) is 9.15 Å². The van der Waals surface area contributed by atoms with E-state index in [1.54, 1.807) is 13.0 Å². The summed E-state index contributed by atoms with van der Waals surface area (Å²) >= 11 is 0. The number of phenolic OH excluding ortho intramolecular Hbond substituents is 1. The topological polar surface area (TPSA) is 62.9 Å². The Labute approximate surface area is 116 Å². The number of nitrogens with zero attached hydrogens (tertiary/aromatic N) is 1. The van der Waals surface area contributed by atoms with E-state index in [0.29, 0.717) is 42.1 Å². The van der Waals surface area contributed by atoms with Crippen molar-refractivity contribution in [2.24, 2.45) is 0 Å². The van der Waals surface area contributed by atoms with Crippen LogP contribution in [0, 0.1) is 6.92 Å². The zero-order valence-corrected chi connectivity index (χ0v) is 11.4. The van der Waals surface area contributed by atoms with E-state index < -0.39 is 0 Å². The van der Waals surface area contributed by atoms with Gasteiger partial charge < -0.3 is 14.3 Å². The van der Waals surface area contributed by atoms with E-state index >= 15 is 0 Å². The maximum atomic E-state index is 12.1. The van der Waals surface area contributed by atoms with Crippen LogP contribution in [0.4, 0.5) is 0 Å². The minimum absolute atomic E-state index is 0.0717. The van der Waals surface area contributed by atoms with Gasteiger partial charge in [0.05, 0.1) is 25.1 Å². The molecule has 5 heteroatoms. The molecule has 0 radical (unpaired) electrons. The SMILES string of the molecule is Cc1c(O)ccc2c(=O)cc(CN3CCOCC3)oc12. The summed E-state index contributed by atoms with van der Waals surface area (Å²) in [6, 6.07) is 4.66. The molecule has 0 bridgehead atoms. The van der Waals surface area contributed by atoms with Crippen molar-refractivity contribution in [3.63, 3.8) is 0 Å². The van der Waals surface area contributed by atoms with Crippen molar-refractivity contribution in [3.05, 3.63) is 39.7 Å². The largest absolute Gasteiger partial charge is 0.508 e. The molecule has 1 aromatic heterocycles. The van der Waals surface area contributed by atoms with Crippen LogP contribution in [0.3, 0.4) is 0 Å². The normalized spacial score (nSPS) is 16.6. The van der Waals surface area contributed by atoms with Gasteiger partial charge in [-0.15, -0.1) is 0 Å². The predicted octanol–water partition coefficient (Wildman–Crippen LogP) is 1.64. The van der Waals surface area contributed by atoms with Crippen LogP contribution in [-0.2, 0) is 11.3 Å².